The summed E-state index contributed by atoms with van der Waals surface area (Å²) in [7, 11) is 0. The molecule has 12 heteroatoms. The normalized spacial score (nSPS) is 20.4. The largest absolute Gasteiger partial charge is 0.475 e. The second-order valence-electron chi connectivity index (χ2n) is 8.61. The maximum atomic E-state index is 13.1. The van der Waals surface area contributed by atoms with Gasteiger partial charge in [0.2, 0.25) is 5.65 Å². The zero-order chi connectivity index (χ0) is 25.0. The van der Waals surface area contributed by atoms with E-state index in [9.17, 15) is 18.0 Å². The van der Waals surface area contributed by atoms with Crippen molar-refractivity contribution in [3.05, 3.63) is 29.8 Å². The predicted octanol–water partition coefficient (Wildman–Crippen LogP) is 5.61. The predicted molar refractivity (Wildman–Crippen MR) is 126 cm³/mol. The van der Waals surface area contributed by atoms with Crippen molar-refractivity contribution in [1.29, 1.82) is 0 Å². The van der Waals surface area contributed by atoms with E-state index < -0.39 is 18.6 Å². The monoisotopic (exact) mass is 510 g/mol. The highest BCUT2D eigenvalue weighted by molar-refractivity contribution is 7.15. The van der Waals surface area contributed by atoms with Gasteiger partial charge in [-0.1, -0.05) is 6.42 Å². The fraction of sp³-hybridized carbons (Fsp3) is 0.565. The molecule has 4 bridgehead atoms. The van der Waals surface area contributed by atoms with Gasteiger partial charge in [0.1, 0.15) is 10.7 Å². The van der Waals surface area contributed by atoms with Gasteiger partial charge in [-0.3, -0.25) is 0 Å². The van der Waals surface area contributed by atoms with Gasteiger partial charge in [0.15, 0.2) is 0 Å². The molecule has 190 valence electrons. The van der Waals surface area contributed by atoms with Crippen LogP contribution in [0.4, 0.5) is 18.0 Å². The summed E-state index contributed by atoms with van der Waals surface area (Å²) in [6.07, 6.45) is 4.35. The molecule has 8 nitrogen and oxygen atoms in total. The number of fused-ring (bicyclic) bond motifs is 7. The minimum absolute atomic E-state index is 0.146. The van der Waals surface area contributed by atoms with E-state index in [0.717, 1.165) is 11.3 Å². The van der Waals surface area contributed by atoms with E-state index in [-0.39, 0.29) is 18.5 Å². The van der Waals surface area contributed by atoms with Crippen LogP contribution in [0.2, 0.25) is 0 Å². The Kier molecular flexibility index (Phi) is 7.78. The Morgan fingerprint density at radius 2 is 2.09 bits per heavy atom. The number of nitrogens with zero attached hydrogens (tertiary/aromatic N) is 5. The van der Waals surface area contributed by atoms with Gasteiger partial charge in [-0.2, -0.15) is 13.2 Å². The van der Waals surface area contributed by atoms with E-state index in [1.807, 2.05) is 30.6 Å². The van der Waals surface area contributed by atoms with Crippen molar-refractivity contribution in [3.8, 4) is 16.5 Å². The highest BCUT2D eigenvalue weighted by atomic mass is 32.1. The molecule has 1 aliphatic heterocycles. The number of alkyl halides is 3. The quantitative estimate of drug-likeness (QED) is 0.495. The van der Waals surface area contributed by atoms with Crippen molar-refractivity contribution >= 4 is 23.0 Å². The summed E-state index contributed by atoms with van der Waals surface area (Å²) in [5.41, 5.74) is 1.30. The van der Waals surface area contributed by atoms with E-state index in [0.29, 0.717) is 54.6 Å². The molecule has 1 aliphatic rings. The summed E-state index contributed by atoms with van der Waals surface area (Å²) in [6, 6.07) is -1.29. The van der Waals surface area contributed by atoms with E-state index >= 15 is 0 Å². The zero-order valence-corrected chi connectivity index (χ0v) is 20.5. The molecule has 4 rings (SSSR count). The van der Waals surface area contributed by atoms with E-state index in [2.05, 4.69) is 20.3 Å². The van der Waals surface area contributed by atoms with Gasteiger partial charge < -0.3 is 19.4 Å². The molecule has 0 spiro atoms. The number of rotatable bonds is 3. The first-order chi connectivity index (χ1) is 16.7. The summed E-state index contributed by atoms with van der Waals surface area (Å²) < 4.78 is 46.5. The number of nitrogens with one attached hydrogen (secondary N) is 1. The van der Waals surface area contributed by atoms with Gasteiger partial charge in [-0.25, -0.2) is 19.7 Å². The number of urea groups is 1. The molecular formula is C23H29F3N6O2S. The third-order valence-corrected chi connectivity index (χ3v) is 7.28. The number of thiazole rings is 1. The maximum absolute atomic E-state index is 13.1. The van der Waals surface area contributed by atoms with Crippen molar-refractivity contribution in [1.82, 2.24) is 29.6 Å². The first kappa shape index (κ1) is 25.2. The molecule has 0 saturated heterocycles. The first-order valence-corrected chi connectivity index (χ1v) is 12.6. The highest BCUT2D eigenvalue weighted by Crippen LogP contribution is 2.32. The molecular weight excluding hydrogens is 481 g/mol. The minimum Gasteiger partial charge on any atom is -0.475 e. The molecule has 0 radical (unpaired) electrons. The number of ether oxygens (including phenoxy) is 1. The zero-order valence-electron chi connectivity index (χ0n) is 19.7. The van der Waals surface area contributed by atoms with Crippen LogP contribution in [0.3, 0.4) is 0 Å². The molecule has 0 saturated carbocycles. The number of carbonyl (C=O) groups is 1. The van der Waals surface area contributed by atoms with Crippen LogP contribution >= 0.6 is 11.3 Å². The van der Waals surface area contributed by atoms with Crippen LogP contribution in [0.1, 0.15) is 63.4 Å². The molecule has 3 aromatic heterocycles. The number of amides is 2. The average molecular weight is 511 g/mol. The van der Waals surface area contributed by atoms with Crippen LogP contribution in [0.15, 0.2) is 24.8 Å². The third kappa shape index (κ3) is 6.22. The SMILES string of the molecule is CCN1C(=O)N[C@@H](CCC(F)(F)F)CCCCCOc2nc(cn3ccnc23)-c2cnc(s2)C1C. The number of imidazole rings is 1. The van der Waals surface area contributed by atoms with E-state index in [1.165, 1.54) is 11.3 Å². The molecule has 1 N–H and O–H groups in total. The van der Waals surface area contributed by atoms with Crippen LogP contribution in [-0.2, 0) is 0 Å². The van der Waals surface area contributed by atoms with Crippen LogP contribution < -0.4 is 10.1 Å². The van der Waals surface area contributed by atoms with E-state index in [1.54, 1.807) is 17.3 Å². The van der Waals surface area contributed by atoms with Crippen molar-refractivity contribution in [2.75, 3.05) is 13.2 Å². The highest BCUT2D eigenvalue weighted by Gasteiger charge is 2.30. The van der Waals surface area contributed by atoms with Gasteiger partial charge in [-0.05, 0) is 39.5 Å². The summed E-state index contributed by atoms with van der Waals surface area (Å²) in [4.78, 5) is 29.0. The maximum Gasteiger partial charge on any atom is 0.389 e. The van der Waals surface area contributed by atoms with Crippen LogP contribution in [0.5, 0.6) is 5.88 Å². The molecule has 0 aliphatic carbocycles. The Balaban J connectivity index is 1.63. The lowest BCUT2D eigenvalue weighted by Crippen LogP contribution is -2.46. The molecule has 0 aromatic carbocycles. The van der Waals surface area contributed by atoms with Crippen molar-refractivity contribution in [2.45, 2.75) is 70.6 Å². The van der Waals surface area contributed by atoms with E-state index in [4.69, 9.17) is 4.74 Å². The lowest BCUT2D eigenvalue weighted by Gasteiger charge is -2.29. The Morgan fingerprint density at radius 3 is 2.86 bits per heavy atom. The lowest BCUT2D eigenvalue weighted by atomic mass is 10.0. The van der Waals surface area contributed by atoms with Crippen molar-refractivity contribution < 1.29 is 22.7 Å². The molecule has 2 atom stereocenters. The minimum atomic E-state index is -4.26. The Bertz CT molecular complexity index is 1150. The standard InChI is InChI=1S/C23H29F3N6O2S/c1-3-32-15(2)21-28-13-18(35-21)17-14-31-11-10-27-19(31)20(30-17)34-12-6-4-5-7-16(29-22(32)33)8-9-23(24,25)26/h10-11,13-16H,3-9,12H2,1-2H3,(H,29,33)/t15?,16-/m1/s1. The number of hydrogen-bond donors (Lipinski definition) is 1. The third-order valence-electron chi connectivity index (χ3n) is 6.09. The van der Waals surface area contributed by atoms with Crippen LogP contribution in [-0.4, -0.2) is 55.7 Å². The fourth-order valence-corrected chi connectivity index (χ4v) is 5.10. The van der Waals surface area contributed by atoms with Gasteiger partial charge in [-0.15, -0.1) is 11.3 Å². The van der Waals surface area contributed by atoms with Gasteiger partial charge in [0, 0.05) is 43.8 Å². The molecule has 2 amide bonds. The second-order valence-corrected chi connectivity index (χ2v) is 9.67. The van der Waals surface area contributed by atoms with Gasteiger partial charge >= 0.3 is 12.2 Å². The topological polar surface area (TPSA) is 84.7 Å². The summed E-state index contributed by atoms with van der Waals surface area (Å²) in [5, 5.41) is 3.56. The number of carbonyl (C=O) groups excluding carboxylic acids is 1. The van der Waals surface area contributed by atoms with Crippen molar-refractivity contribution in [3.63, 3.8) is 0 Å². The van der Waals surface area contributed by atoms with Crippen LogP contribution in [0, 0.1) is 0 Å². The average Bonchev–Trinajstić information content (AvgIpc) is 3.48. The van der Waals surface area contributed by atoms with Gasteiger partial charge in [0.25, 0.3) is 5.88 Å². The van der Waals surface area contributed by atoms with Crippen LogP contribution in [0.25, 0.3) is 16.2 Å². The Hall–Kier alpha value is -2.89. The Morgan fingerprint density at radius 1 is 1.26 bits per heavy atom. The summed E-state index contributed by atoms with van der Waals surface area (Å²) in [6.45, 7) is 4.51. The molecule has 3 aromatic rings. The second kappa shape index (κ2) is 10.8. The fourth-order valence-electron chi connectivity index (χ4n) is 4.17. The number of aromatic nitrogens is 4. The lowest BCUT2D eigenvalue weighted by molar-refractivity contribution is -0.136. The first-order valence-electron chi connectivity index (χ1n) is 11.8. The summed E-state index contributed by atoms with van der Waals surface area (Å²) >= 11 is 1.42. The smallest absolute Gasteiger partial charge is 0.389 e. The number of halogens is 3. The summed E-state index contributed by atoms with van der Waals surface area (Å²) in [5.74, 6) is 0.426. The number of hydrogen-bond acceptors (Lipinski definition) is 6. The molecule has 1 unspecified atom stereocenters. The molecule has 0 fully saturated rings. The molecule has 35 heavy (non-hydrogen) atoms. The Labute approximate surface area is 205 Å². The van der Waals surface area contributed by atoms with Gasteiger partial charge in [0.05, 0.1) is 17.5 Å². The molecule has 4 heterocycles. The van der Waals surface area contributed by atoms with Crippen molar-refractivity contribution in [2.24, 2.45) is 0 Å².